The summed E-state index contributed by atoms with van der Waals surface area (Å²) in [5.41, 5.74) is 0. The van der Waals surface area contributed by atoms with Crippen LogP contribution in [0.3, 0.4) is 0 Å². The Morgan fingerprint density at radius 2 is 2.00 bits per heavy atom. The van der Waals surface area contributed by atoms with E-state index in [4.69, 9.17) is 9.84 Å². The van der Waals surface area contributed by atoms with Crippen molar-refractivity contribution >= 4 is 11.6 Å². The van der Waals surface area contributed by atoms with Gasteiger partial charge in [-0.2, -0.15) is 0 Å². The lowest BCUT2D eigenvalue weighted by Gasteiger charge is -2.07. The molecule has 0 aliphatic heterocycles. The molecule has 0 atom stereocenters. The lowest BCUT2D eigenvalue weighted by molar-refractivity contribution is 0.201. The zero-order valence-electron chi connectivity index (χ0n) is 9.21. The molecule has 0 bridgehead atoms. The molecule has 88 valence electrons. The van der Waals surface area contributed by atoms with Crippen LogP contribution in [0.1, 0.15) is 0 Å². The fraction of sp³-hybridized carbons (Fsp3) is 0.167. The van der Waals surface area contributed by atoms with Crippen LogP contribution in [0.5, 0.6) is 5.75 Å². The number of ether oxygens (including phenoxy) is 1. The predicted molar refractivity (Wildman–Crippen MR) is 64.3 cm³/mol. The summed E-state index contributed by atoms with van der Waals surface area (Å²) >= 11 is 0. The van der Waals surface area contributed by atoms with Gasteiger partial charge in [0.2, 0.25) is 0 Å². The van der Waals surface area contributed by atoms with E-state index in [1.807, 2.05) is 18.2 Å². The number of rotatable bonds is 5. The molecule has 2 rings (SSSR count). The van der Waals surface area contributed by atoms with Crippen LogP contribution in [0.15, 0.2) is 42.7 Å². The fourth-order valence-corrected chi connectivity index (χ4v) is 1.30. The Morgan fingerprint density at radius 3 is 2.76 bits per heavy atom. The highest BCUT2D eigenvalue weighted by Gasteiger charge is 1.99. The Balaban J connectivity index is 2.06. The van der Waals surface area contributed by atoms with Crippen LogP contribution in [0.25, 0.3) is 0 Å². The summed E-state index contributed by atoms with van der Waals surface area (Å²) in [4.78, 5) is 8.28. The van der Waals surface area contributed by atoms with Gasteiger partial charge in [-0.1, -0.05) is 6.07 Å². The lowest BCUT2D eigenvalue weighted by Crippen LogP contribution is -2.02. The molecular weight excluding hydrogens is 218 g/mol. The second-order valence-corrected chi connectivity index (χ2v) is 3.29. The molecule has 0 aromatic carbocycles. The van der Waals surface area contributed by atoms with Crippen LogP contribution >= 0.6 is 0 Å². The van der Waals surface area contributed by atoms with Gasteiger partial charge in [-0.15, -0.1) is 0 Å². The number of anilines is 2. The standard InChI is InChI=1S/C12H13N3O2/c16-7-8-17-10-4-6-14-12(9-10)15-11-3-1-2-5-13-11/h1-6,9,16H,7-8H2,(H,13,14,15). The van der Waals surface area contributed by atoms with Crippen molar-refractivity contribution in [2.24, 2.45) is 0 Å². The van der Waals surface area contributed by atoms with Crippen molar-refractivity contribution in [2.75, 3.05) is 18.5 Å². The van der Waals surface area contributed by atoms with Gasteiger partial charge in [0.1, 0.15) is 24.0 Å². The zero-order chi connectivity index (χ0) is 11.9. The van der Waals surface area contributed by atoms with E-state index in [1.165, 1.54) is 0 Å². The number of aliphatic hydroxyl groups excluding tert-OH is 1. The van der Waals surface area contributed by atoms with Crippen LogP contribution in [0.2, 0.25) is 0 Å². The molecule has 0 saturated heterocycles. The van der Waals surface area contributed by atoms with Gasteiger partial charge in [-0.3, -0.25) is 0 Å². The number of aromatic nitrogens is 2. The normalized spacial score (nSPS) is 9.94. The first-order valence-electron chi connectivity index (χ1n) is 5.26. The Kier molecular flexibility index (Phi) is 3.88. The number of nitrogens with one attached hydrogen (secondary N) is 1. The third-order valence-corrected chi connectivity index (χ3v) is 2.01. The van der Waals surface area contributed by atoms with Crippen molar-refractivity contribution in [2.45, 2.75) is 0 Å². The van der Waals surface area contributed by atoms with Gasteiger partial charge in [0, 0.05) is 18.5 Å². The first-order chi connectivity index (χ1) is 8.38. The van der Waals surface area contributed by atoms with Gasteiger partial charge in [0.25, 0.3) is 0 Å². The summed E-state index contributed by atoms with van der Waals surface area (Å²) < 4.78 is 5.28. The molecule has 0 fully saturated rings. The van der Waals surface area contributed by atoms with Crippen LogP contribution in [0, 0.1) is 0 Å². The molecule has 5 heteroatoms. The Labute approximate surface area is 99.1 Å². The summed E-state index contributed by atoms with van der Waals surface area (Å²) in [5.74, 6) is 2.03. The first kappa shape index (κ1) is 11.3. The molecule has 0 aliphatic carbocycles. The molecule has 0 saturated carbocycles. The van der Waals surface area contributed by atoms with E-state index in [2.05, 4.69) is 15.3 Å². The molecule has 2 heterocycles. The maximum atomic E-state index is 8.67. The van der Waals surface area contributed by atoms with E-state index in [0.717, 1.165) is 5.82 Å². The third-order valence-electron chi connectivity index (χ3n) is 2.01. The quantitative estimate of drug-likeness (QED) is 0.818. The van der Waals surface area contributed by atoms with Crippen LogP contribution in [0.4, 0.5) is 11.6 Å². The zero-order valence-corrected chi connectivity index (χ0v) is 9.21. The molecule has 0 amide bonds. The second kappa shape index (κ2) is 5.81. The van der Waals surface area contributed by atoms with E-state index < -0.39 is 0 Å². The number of aliphatic hydroxyl groups is 1. The van der Waals surface area contributed by atoms with Gasteiger partial charge in [0.05, 0.1) is 6.61 Å². The van der Waals surface area contributed by atoms with Crippen molar-refractivity contribution < 1.29 is 9.84 Å². The van der Waals surface area contributed by atoms with E-state index in [-0.39, 0.29) is 13.2 Å². The maximum Gasteiger partial charge on any atom is 0.135 e. The topological polar surface area (TPSA) is 67.3 Å². The average molecular weight is 231 g/mol. The molecule has 0 radical (unpaired) electrons. The Bertz CT molecular complexity index is 462. The highest BCUT2D eigenvalue weighted by atomic mass is 16.5. The van der Waals surface area contributed by atoms with Crippen molar-refractivity contribution in [3.05, 3.63) is 42.7 Å². The van der Waals surface area contributed by atoms with E-state index >= 15 is 0 Å². The summed E-state index contributed by atoms with van der Waals surface area (Å²) in [6.07, 6.45) is 3.34. The second-order valence-electron chi connectivity index (χ2n) is 3.29. The summed E-state index contributed by atoms with van der Waals surface area (Å²) in [7, 11) is 0. The van der Waals surface area contributed by atoms with Crippen molar-refractivity contribution in [1.82, 2.24) is 9.97 Å². The average Bonchev–Trinajstić information content (AvgIpc) is 2.38. The molecule has 0 unspecified atom stereocenters. The third kappa shape index (κ3) is 3.42. The molecule has 2 N–H and O–H groups in total. The highest BCUT2D eigenvalue weighted by molar-refractivity contribution is 5.52. The maximum absolute atomic E-state index is 8.67. The molecule has 0 spiro atoms. The number of hydrogen-bond acceptors (Lipinski definition) is 5. The minimum absolute atomic E-state index is 0.00861. The minimum atomic E-state index is -0.00861. The Morgan fingerprint density at radius 1 is 1.12 bits per heavy atom. The smallest absolute Gasteiger partial charge is 0.135 e. The fourth-order valence-electron chi connectivity index (χ4n) is 1.30. The summed E-state index contributed by atoms with van der Waals surface area (Å²) in [6.45, 7) is 0.262. The lowest BCUT2D eigenvalue weighted by atomic mass is 10.4. The van der Waals surface area contributed by atoms with E-state index in [0.29, 0.717) is 11.6 Å². The number of nitrogens with zero attached hydrogens (tertiary/aromatic N) is 2. The van der Waals surface area contributed by atoms with Crippen LogP contribution in [-0.4, -0.2) is 28.3 Å². The monoisotopic (exact) mass is 231 g/mol. The molecule has 5 nitrogen and oxygen atoms in total. The largest absolute Gasteiger partial charge is 0.491 e. The van der Waals surface area contributed by atoms with Crippen LogP contribution in [-0.2, 0) is 0 Å². The predicted octanol–water partition coefficient (Wildman–Crippen LogP) is 1.59. The van der Waals surface area contributed by atoms with Gasteiger partial charge in [0.15, 0.2) is 0 Å². The van der Waals surface area contributed by atoms with Crippen molar-refractivity contribution in [3.63, 3.8) is 0 Å². The van der Waals surface area contributed by atoms with E-state index in [9.17, 15) is 0 Å². The minimum Gasteiger partial charge on any atom is -0.491 e. The molecular formula is C12H13N3O2. The van der Waals surface area contributed by atoms with Crippen LogP contribution < -0.4 is 10.1 Å². The first-order valence-corrected chi connectivity index (χ1v) is 5.26. The van der Waals surface area contributed by atoms with E-state index in [1.54, 1.807) is 24.5 Å². The van der Waals surface area contributed by atoms with Gasteiger partial charge in [-0.25, -0.2) is 9.97 Å². The summed E-state index contributed by atoms with van der Waals surface area (Å²) in [6, 6.07) is 9.08. The molecule has 0 aliphatic rings. The molecule has 2 aromatic heterocycles. The molecule has 2 aromatic rings. The van der Waals surface area contributed by atoms with Gasteiger partial charge < -0.3 is 15.2 Å². The SMILES string of the molecule is OCCOc1ccnc(Nc2ccccn2)c1. The van der Waals surface area contributed by atoms with Gasteiger partial charge in [-0.05, 0) is 18.2 Å². The van der Waals surface area contributed by atoms with Crippen molar-refractivity contribution in [3.8, 4) is 5.75 Å². The molecule has 17 heavy (non-hydrogen) atoms. The highest BCUT2D eigenvalue weighted by Crippen LogP contribution is 2.17. The Hall–Kier alpha value is -2.14. The number of hydrogen-bond donors (Lipinski definition) is 2. The van der Waals surface area contributed by atoms with Gasteiger partial charge >= 0.3 is 0 Å². The summed E-state index contributed by atoms with van der Waals surface area (Å²) in [5, 5.41) is 11.7. The number of pyridine rings is 2. The van der Waals surface area contributed by atoms with Crippen molar-refractivity contribution in [1.29, 1.82) is 0 Å².